The van der Waals surface area contributed by atoms with Gasteiger partial charge in [0.25, 0.3) is 0 Å². The van der Waals surface area contributed by atoms with Gasteiger partial charge >= 0.3 is 12.2 Å². The Morgan fingerprint density at radius 3 is 2.34 bits per heavy atom. The number of aromatic nitrogens is 3. The molecule has 29 heavy (non-hydrogen) atoms. The second-order valence-electron chi connectivity index (χ2n) is 6.60. The number of amides is 2. The number of nitrogens with zero attached hydrogens (tertiary/aromatic N) is 3. The number of carbonyl (C=O) groups excluding carboxylic acids is 1. The number of halogens is 3. The fourth-order valence-corrected chi connectivity index (χ4v) is 2.79. The van der Waals surface area contributed by atoms with E-state index in [0.717, 1.165) is 29.1 Å². The molecule has 0 aliphatic heterocycles. The smallest absolute Gasteiger partial charge is 0.334 e. The highest BCUT2D eigenvalue weighted by atomic mass is 19.4. The third-order valence-corrected chi connectivity index (χ3v) is 4.20. The first-order chi connectivity index (χ1) is 13.7. The lowest BCUT2D eigenvalue weighted by Gasteiger charge is -2.11. The lowest BCUT2D eigenvalue weighted by atomic mass is 10.1. The maximum Gasteiger partial charge on any atom is 0.416 e. The Morgan fingerprint density at radius 1 is 1.03 bits per heavy atom. The van der Waals surface area contributed by atoms with Crippen molar-refractivity contribution >= 4 is 6.03 Å². The Kier molecular flexibility index (Phi) is 5.86. The van der Waals surface area contributed by atoms with Crippen molar-refractivity contribution in [2.24, 2.45) is 0 Å². The van der Waals surface area contributed by atoms with Crippen LogP contribution in [-0.2, 0) is 19.3 Å². The highest BCUT2D eigenvalue weighted by molar-refractivity contribution is 5.73. The highest BCUT2D eigenvalue weighted by Gasteiger charge is 2.30. The largest absolute Gasteiger partial charge is 0.416 e. The van der Waals surface area contributed by atoms with Gasteiger partial charge in [0, 0.05) is 25.0 Å². The Hall–Kier alpha value is -3.36. The predicted octanol–water partition coefficient (Wildman–Crippen LogP) is 3.90. The monoisotopic (exact) mass is 403 g/mol. The zero-order chi connectivity index (χ0) is 21.0. The molecular formula is C20H20F3N5O. The van der Waals surface area contributed by atoms with E-state index in [2.05, 4.69) is 20.7 Å². The van der Waals surface area contributed by atoms with Crippen LogP contribution in [0, 0.1) is 13.8 Å². The molecule has 0 fully saturated rings. The van der Waals surface area contributed by atoms with Gasteiger partial charge in [-0.1, -0.05) is 18.2 Å². The number of pyridine rings is 1. The van der Waals surface area contributed by atoms with Crippen molar-refractivity contribution in [3.63, 3.8) is 0 Å². The van der Waals surface area contributed by atoms with Crippen molar-refractivity contribution in [3.8, 4) is 5.82 Å². The van der Waals surface area contributed by atoms with Gasteiger partial charge in [0.1, 0.15) is 0 Å². The molecule has 2 aromatic heterocycles. The van der Waals surface area contributed by atoms with Gasteiger partial charge in [-0.2, -0.15) is 18.3 Å². The SMILES string of the molecule is Cc1cc(C)n(-c2ccc(CNC(=O)NCc3cccc(C(F)(F)F)c3)cn2)n1. The first kappa shape index (κ1) is 20.4. The average Bonchev–Trinajstić information content (AvgIpc) is 3.03. The molecule has 3 aromatic rings. The molecule has 1 aromatic carbocycles. The summed E-state index contributed by atoms with van der Waals surface area (Å²) in [6.45, 7) is 4.06. The third kappa shape index (κ3) is 5.34. The molecule has 3 rings (SSSR count). The Labute approximate surface area is 165 Å². The van der Waals surface area contributed by atoms with Crippen LogP contribution in [0.25, 0.3) is 5.82 Å². The van der Waals surface area contributed by atoms with Crippen LogP contribution in [0.3, 0.4) is 0 Å². The second kappa shape index (κ2) is 8.34. The van der Waals surface area contributed by atoms with E-state index in [0.29, 0.717) is 11.4 Å². The van der Waals surface area contributed by atoms with Crippen LogP contribution in [0.5, 0.6) is 0 Å². The first-order valence-corrected chi connectivity index (χ1v) is 8.89. The van der Waals surface area contributed by atoms with E-state index in [4.69, 9.17) is 0 Å². The minimum absolute atomic E-state index is 0.00906. The molecule has 2 heterocycles. The minimum atomic E-state index is -4.41. The second-order valence-corrected chi connectivity index (χ2v) is 6.60. The molecule has 0 bridgehead atoms. The lowest BCUT2D eigenvalue weighted by molar-refractivity contribution is -0.137. The summed E-state index contributed by atoms with van der Waals surface area (Å²) in [7, 11) is 0. The van der Waals surface area contributed by atoms with Crippen molar-refractivity contribution in [2.45, 2.75) is 33.1 Å². The number of carbonyl (C=O) groups is 1. The third-order valence-electron chi connectivity index (χ3n) is 4.20. The molecule has 2 N–H and O–H groups in total. The van der Waals surface area contributed by atoms with Gasteiger partial charge in [-0.05, 0) is 49.2 Å². The number of benzene rings is 1. The molecule has 2 amide bonds. The summed E-state index contributed by atoms with van der Waals surface area (Å²) >= 11 is 0. The average molecular weight is 403 g/mol. The molecule has 6 nitrogen and oxygen atoms in total. The van der Waals surface area contributed by atoms with Crippen molar-refractivity contribution in [1.82, 2.24) is 25.4 Å². The number of urea groups is 1. The number of hydrogen-bond acceptors (Lipinski definition) is 3. The van der Waals surface area contributed by atoms with Crippen LogP contribution < -0.4 is 10.6 Å². The lowest BCUT2D eigenvalue weighted by Crippen LogP contribution is -2.34. The number of alkyl halides is 3. The first-order valence-electron chi connectivity index (χ1n) is 8.89. The molecule has 0 unspecified atom stereocenters. The normalized spacial score (nSPS) is 11.3. The maximum atomic E-state index is 12.7. The summed E-state index contributed by atoms with van der Waals surface area (Å²) < 4.78 is 39.9. The summed E-state index contributed by atoms with van der Waals surface area (Å²) in [5, 5.41) is 9.56. The van der Waals surface area contributed by atoms with Crippen molar-refractivity contribution in [3.05, 3.63) is 76.7 Å². The van der Waals surface area contributed by atoms with E-state index in [1.54, 1.807) is 16.9 Å². The molecule has 0 aliphatic carbocycles. The fraction of sp³-hybridized carbons (Fsp3) is 0.250. The summed E-state index contributed by atoms with van der Waals surface area (Å²) in [6, 6.07) is 9.94. The topological polar surface area (TPSA) is 71.8 Å². The zero-order valence-corrected chi connectivity index (χ0v) is 15.9. The van der Waals surface area contributed by atoms with Crippen LogP contribution in [-0.4, -0.2) is 20.8 Å². The predicted molar refractivity (Wildman–Crippen MR) is 101 cm³/mol. The molecule has 152 valence electrons. The molecule has 0 aliphatic rings. The molecule has 9 heteroatoms. The van der Waals surface area contributed by atoms with Gasteiger partial charge in [-0.25, -0.2) is 14.5 Å². The molecule has 0 atom stereocenters. The van der Waals surface area contributed by atoms with Gasteiger partial charge in [0.2, 0.25) is 0 Å². The standard InChI is InChI=1S/C20H20F3N5O/c1-13-8-14(2)28(27-13)18-7-6-16(11-24-18)12-26-19(29)25-10-15-4-3-5-17(9-15)20(21,22)23/h3-9,11H,10,12H2,1-2H3,(H2,25,26,29). The van der Waals surface area contributed by atoms with E-state index in [-0.39, 0.29) is 13.1 Å². The van der Waals surface area contributed by atoms with Crippen LogP contribution >= 0.6 is 0 Å². The number of aryl methyl sites for hydroxylation is 2. The maximum absolute atomic E-state index is 12.7. The summed E-state index contributed by atoms with van der Waals surface area (Å²) in [5.41, 5.74) is 2.27. The molecule has 0 saturated heterocycles. The van der Waals surface area contributed by atoms with E-state index >= 15 is 0 Å². The van der Waals surface area contributed by atoms with Crippen molar-refractivity contribution in [1.29, 1.82) is 0 Å². The van der Waals surface area contributed by atoms with E-state index in [1.165, 1.54) is 12.1 Å². The van der Waals surface area contributed by atoms with E-state index in [9.17, 15) is 18.0 Å². The number of hydrogen-bond donors (Lipinski definition) is 2. The molecule has 0 saturated carbocycles. The van der Waals surface area contributed by atoms with Crippen LogP contribution in [0.2, 0.25) is 0 Å². The fourth-order valence-electron chi connectivity index (χ4n) is 2.79. The van der Waals surface area contributed by atoms with Gasteiger partial charge in [0.15, 0.2) is 5.82 Å². The number of nitrogens with one attached hydrogen (secondary N) is 2. The van der Waals surface area contributed by atoms with E-state index < -0.39 is 17.8 Å². The molecule has 0 spiro atoms. The summed E-state index contributed by atoms with van der Waals surface area (Å²) in [6.07, 6.45) is -2.77. The molecular weight excluding hydrogens is 383 g/mol. The van der Waals surface area contributed by atoms with Gasteiger partial charge in [-0.3, -0.25) is 0 Å². The van der Waals surface area contributed by atoms with Crippen LogP contribution in [0.15, 0.2) is 48.7 Å². The molecule has 0 radical (unpaired) electrons. The summed E-state index contributed by atoms with van der Waals surface area (Å²) in [4.78, 5) is 16.3. The van der Waals surface area contributed by atoms with Crippen molar-refractivity contribution < 1.29 is 18.0 Å². The van der Waals surface area contributed by atoms with Crippen LogP contribution in [0.1, 0.15) is 28.1 Å². The highest BCUT2D eigenvalue weighted by Crippen LogP contribution is 2.29. The Morgan fingerprint density at radius 2 is 1.76 bits per heavy atom. The van der Waals surface area contributed by atoms with Gasteiger partial charge in [-0.15, -0.1) is 0 Å². The van der Waals surface area contributed by atoms with Crippen LogP contribution in [0.4, 0.5) is 18.0 Å². The van der Waals surface area contributed by atoms with Gasteiger partial charge < -0.3 is 10.6 Å². The Balaban J connectivity index is 1.51. The van der Waals surface area contributed by atoms with Gasteiger partial charge in [0.05, 0.1) is 11.3 Å². The van der Waals surface area contributed by atoms with E-state index in [1.807, 2.05) is 26.0 Å². The van der Waals surface area contributed by atoms with Crippen molar-refractivity contribution in [2.75, 3.05) is 0 Å². The zero-order valence-electron chi connectivity index (χ0n) is 15.9. The number of rotatable bonds is 5. The Bertz CT molecular complexity index is 996. The summed E-state index contributed by atoms with van der Waals surface area (Å²) in [5.74, 6) is 0.674. The minimum Gasteiger partial charge on any atom is -0.334 e. The quantitative estimate of drug-likeness (QED) is 0.679.